The van der Waals surface area contributed by atoms with Gasteiger partial charge >= 0.3 is 10.4 Å². The number of fused-ring (bicyclic) bond motifs is 1. The Morgan fingerprint density at radius 3 is 2.12 bits per heavy atom. The topological polar surface area (TPSA) is 74.6 Å². The SMILES string of the molecule is CCc1cccc2ccccc12.O=S(=O)(O)O. The number of rotatable bonds is 1. The lowest BCUT2D eigenvalue weighted by Crippen LogP contribution is -1.89. The van der Waals surface area contributed by atoms with Gasteiger partial charge in [0.05, 0.1) is 0 Å². The summed E-state index contributed by atoms with van der Waals surface area (Å²) < 4.78 is 31.6. The first kappa shape index (κ1) is 13.6. The maximum atomic E-state index is 8.74. The van der Waals surface area contributed by atoms with E-state index in [1.54, 1.807) is 0 Å². The van der Waals surface area contributed by atoms with E-state index in [0.29, 0.717) is 0 Å². The van der Waals surface area contributed by atoms with Crippen LogP contribution < -0.4 is 0 Å². The van der Waals surface area contributed by atoms with Gasteiger partial charge in [-0.1, -0.05) is 49.4 Å². The predicted octanol–water partition coefficient (Wildman–Crippen LogP) is 2.75. The lowest BCUT2D eigenvalue weighted by atomic mass is 10.0. The van der Waals surface area contributed by atoms with Crippen LogP contribution in [0.15, 0.2) is 42.5 Å². The van der Waals surface area contributed by atoms with Gasteiger partial charge in [-0.2, -0.15) is 8.42 Å². The van der Waals surface area contributed by atoms with Gasteiger partial charge in [-0.05, 0) is 22.8 Å². The second kappa shape index (κ2) is 5.77. The second-order valence-corrected chi connectivity index (χ2v) is 4.34. The van der Waals surface area contributed by atoms with E-state index < -0.39 is 10.4 Å². The minimum atomic E-state index is -4.67. The van der Waals surface area contributed by atoms with Crippen molar-refractivity contribution in [2.45, 2.75) is 13.3 Å². The smallest absolute Gasteiger partial charge is 0.264 e. The molecule has 0 aliphatic heterocycles. The Morgan fingerprint density at radius 2 is 1.53 bits per heavy atom. The largest absolute Gasteiger partial charge is 0.394 e. The zero-order valence-electron chi connectivity index (χ0n) is 9.37. The van der Waals surface area contributed by atoms with E-state index in [9.17, 15) is 0 Å². The quantitative estimate of drug-likeness (QED) is 0.767. The fraction of sp³-hybridized carbons (Fsp3) is 0.167. The van der Waals surface area contributed by atoms with E-state index in [0.717, 1.165) is 6.42 Å². The average molecular weight is 254 g/mol. The summed E-state index contributed by atoms with van der Waals surface area (Å²) in [6.45, 7) is 2.20. The molecule has 0 spiro atoms. The highest BCUT2D eigenvalue weighted by Crippen LogP contribution is 2.18. The van der Waals surface area contributed by atoms with Gasteiger partial charge in [0, 0.05) is 0 Å². The van der Waals surface area contributed by atoms with Gasteiger partial charge in [-0.3, -0.25) is 9.11 Å². The third-order valence-electron chi connectivity index (χ3n) is 2.26. The number of aryl methyl sites for hydroxylation is 1. The van der Waals surface area contributed by atoms with Crippen LogP contribution in [0.2, 0.25) is 0 Å². The van der Waals surface area contributed by atoms with E-state index >= 15 is 0 Å². The molecule has 17 heavy (non-hydrogen) atoms. The van der Waals surface area contributed by atoms with Crippen LogP contribution >= 0.6 is 0 Å². The van der Waals surface area contributed by atoms with Crippen LogP contribution in [0.4, 0.5) is 0 Å². The fourth-order valence-electron chi connectivity index (χ4n) is 1.60. The van der Waals surface area contributed by atoms with E-state index in [-0.39, 0.29) is 0 Å². The lowest BCUT2D eigenvalue weighted by molar-refractivity contribution is 0.381. The van der Waals surface area contributed by atoms with Crippen molar-refractivity contribution in [1.82, 2.24) is 0 Å². The minimum Gasteiger partial charge on any atom is -0.264 e. The van der Waals surface area contributed by atoms with Crippen LogP contribution in [0.3, 0.4) is 0 Å². The molecule has 2 N–H and O–H groups in total. The Balaban J connectivity index is 0.000000249. The summed E-state index contributed by atoms with van der Waals surface area (Å²) in [6.07, 6.45) is 1.11. The van der Waals surface area contributed by atoms with Crippen LogP contribution in [0, 0.1) is 0 Å². The molecule has 2 rings (SSSR count). The standard InChI is InChI=1S/C12H12.H2O4S/c1-2-10-7-5-8-11-6-3-4-9-12(10)11;1-5(2,3)4/h3-9H,2H2,1H3;(H2,1,2,3,4). The number of hydrogen-bond acceptors (Lipinski definition) is 2. The third-order valence-corrected chi connectivity index (χ3v) is 2.26. The van der Waals surface area contributed by atoms with Gasteiger partial charge in [0.1, 0.15) is 0 Å². The molecule has 0 bridgehead atoms. The molecule has 2 aromatic rings. The summed E-state index contributed by atoms with van der Waals surface area (Å²) in [5.41, 5.74) is 1.44. The molecule has 0 aliphatic carbocycles. The number of benzene rings is 2. The highest BCUT2D eigenvalue weighted by molar-refractivity contribution is 7.79. The van der Waals surface area contributed by atoms with Crippen LogP contribution in [-0.2, 0) is 16.8 Å². The highest BCUT2D eigenvalue weighted by Gasteiger charge is 1.95. The average Bonchev–Trinajstić information content (AvgIpc) is 2.26. The lowest BCUT2D eigenvalue weighted by Gasteiger charge is -2.02. The molecular weight excluding hydrogens is 240 g/mol. The number of hydrogen-bond donors (Lipinski definition) is 2. The van der Waals surface area contributed by atoms with Crippen LogP contribution in [0.25, 0.3) is 10.8 Å². The maximum absolute atomic E-state index is 8.74. The summed E-state index contributed by atoms with van der Waals surface area (Å²) in [5.74, 6) is 0. The van der Waals surface area contributed by atoms with Gasteiger partial charge in [0.25, 0.3) is 0 Å². The van der Waals surface area contributed by atoms with E-state index in [1.165, 1.54) is 16.3 Å². The first-order valence-corrected chi connectivity index (χ1v) is 6.48. The molecule has 0 amide bonds. The van der Waals surface area contributed by atoms with Gasteiger partial charge in [-0.25, -0.2) is 0 Å². The van der Waals surface area contributed by atoms with Crippen molar-refractivity contribution in [1.29, 1.82) is 0 Å². The van der Waals surface area contributed by atoms with E-state index in [4.69, 9.17) is 17.5 Å². The molecule has 0 aromatic heterocycles. The Labute approximate surface area is 100 Å². The molecule has 4 nitrogen and oxygen atoms in total. The normalized spacial score (nSPS) is 10.8. The summed E-state index contributed by atoms with van der Waals surface area (Å²) in [4.78, 5) is 0. The van der Waals surface area contributed by atoms with Gasteiger partial charge in [0.2, 0.25) is 0 Å². The first-order chi connectivity index (χ1) is 7.92. The molecule has 0 heterocycles. The van der Waals surface area contributed by atoms with Gasteiger partial charge in [0.15, 0.2) is 0 Å². The zero-order valence-corrected chi connectivity index (χ0v) is 10.2. The fourth-order valence-corrected chi connectivity index (χ4v) is 1.60. The summed E-state index contributed by atoms with van der Waals surface area (Å²) in [7, 11) is -4.67. The molecular formula is C12H14O4S. The Kier molecular flexibility index (Phi) is 4.62. The molecule has 0 aliphatic rings. The Morgan fingerprint density at radius 1 is 1.00 bits per heavy atom. The Hall–Kier alpha value is -1.43. The van der Waals surface area contributed by atoms with Crippen molar-refractivity contribution >= 4 is 21.2 Å². The molecule has 0 fully saturated rings. The van der Waals surface area contributed by atoms with Gasteiger partial charge < -0.3 is 0 Å². The second-order valence-electron chi connectivity index (χ2n) is 3.44. The van der Waals surface area contributed by atoms with Crippen molar-refractivity contribution in [3.8, 4) is 0 Å². The molecule has 2 aromatic carbocycles. The molecule has 0 unspecified atom stereocenters. The van der Waals surface area contributed by atoms with Gasteiger partial charge in [-0.15, -0.1) is 0 Å². The first-order valence-electron chi connectivity index (χ1n) is 5.08. The van der Waals surface area contributed by atoms with Crippen molar-refractivity contribution in [3.63, 3.8) is 0 Å². The molecule has 0 saturated carbocycles. The predicted molar refractivity (Wildman–Crippen MR) is 67.5 cm³/mol. The van der Waals surface area contributed by atoms with Crippen molar-refractivity contribution < 1.29 is 17.5 Å². The van der Waals surface area contributed by atoms with Crippen LogP contribution in [0.5, 0.6) is 0 Å². The van der Waals surface area contributed by atoms with E-state index in [2.05, 4.69) is 49.4 Å². The van der Waals surface area contributed by atoms with Crippen LogP contribution in [0.1, 0.15) is 12.5 Å². The maximum Gasteiger partial charge on any atom is 0.394 e. The van der Waals surface area contributed by atoms with Crippen molar-refractivity contribution in [3.05, 3.63) is 48.0 Å². The molecule has 92 valence electrons. The van der Waals surface area contributed by atoms with E-state index in [1.807, 2.05) is 0 Å². The molecule has 0 atom stereocenters. The highest BCUT2D eigenvalue weighted by atomic mass is 32.3. The Bertz CT molecular complexity index is 577. The monoisotopic (exact) mass is 254 g/mol. The van der Waals surface area contributed by atoms with Crippen molar-refractivity contribution in [2.75, 3.05) is 0 Å². The minimum absolute atomic E-state index is 1.11. The van der Waals surface area contributed by atoms with Crippen LogP contribution in [-0.4, -0.2) is 17.5 Å². The summed E-state index contributed by atoms with van der Waals surface area (Å²) >= 11 is 0. The molecule has 0 saturated heterocycles. The van der Waals surface area contributed by atoms with Crippen molar-refractivity contribution in [2.24, 2.45) is 0 Å². The zero-order chi connectivity index (χ0) is 12.9. The molecule has 5 heteroatoms. The third kappa shape index (κ3) is 4.95. The molecule has 0 radical (unpaired) electrons. The summed E-state index contributed by atoms with van der Waals surface area (Å²) in [5, 5.41) is 2.74. The summed E-state index contributed by atoms with van der Waals surface area (Å²) in [6, 6.07) is 15.0.